The Bertz CT molecular complexity index is 1330. The molecule has 7 N–H and O–H groups in total. The van der Waals surface area contributed by atoms with Gasteiger partial charge >= 0.3 is 0 Å². The van der Waals surface area contributed by atoms with Gasteiger partial charge in [0.05, 0.1) is 35.3 Å². The minimum absolute atomic E-state index is 0.103. The van der Waals surface area contributed by atoms with Gasteiger partial charge in [0.15, 0.2) is 9.84 Å². The molecule has 17 nitrogen and oxygen atoms in total. The average Bonchev–Trinajstić information content (AvgIpc) is 4.01. The van der Waals surface area contributed by atoms with Crippen LogP contribution in [-0.2, 0) is 48.9 Å². The van der Waals surface area contributed by atoms with Gasteiger partial charge in [-0.2, -0.15) is 0 Å². The van der Waals surface area contributed by atoms with E-state index in [4.69, 9.17) is 0 Å². The predicted octanol–water partition coefficient (Wildman–Crippen LogP) is -0.547. The van der Waals surface area contributed by atoms with Gasteiger partial charge < -0.3 is 31.9 Å². The van der Waals surface area contributed by atoms with Gasteiger partial charge in [0.25, 0.3) is 0 Å². The summed E-state index contributed by atoms with van der Waals surface area (Å²) in [6, 6.07) is 0. The molecule has 7 heterocycles. The van der Waals surface area contributed by atoms with Crippen molar-refractivity contribution in [1.82, 2.24) is 36.6 Å². The molecular formula is C35H67N7O10S3. The number of carbonyl (C=O) groups excluding carboxylic acids is 4. The summed E-state index contributed by atoms with van der Waals surface area (Å²) in [5.41, 5.74) is 1.41. The Morgan fingerprint density at radius 1 is 0.400 bits per heavy atom. The molecule has 0 bridgehead atoms. The second-order valence-electron chi connectivity index (χ2n) is 13.9. The molecule has 55 heavy (non-hydrogen) atoms. The van der Waals surface area contributed by atoms with Crippen LogP contribution in [0.2, 0.25) is 0 Å². The van der Waals surface area contributed by atoms with Crippen LogP contribution in [0.4, 0.5) is 0 Å². The van der Waals surface area contributed by atoms with E-state index >= 15 is 0 Å². The van der Waals surface area contributed by atoms with Crippen molar-refractivity contribution in [2.75, 3.05) is 94.2 Å². The Morgan fingerprint density at radius 2 is 0.927 bits per heavy atom. The van der Waals surface area contributed by atoms with Crippen molar-refractivity contribution in [3.8, 4) is 0 Å². The summed E-state index contributed by atoms with van der Waals surface area (Å²) in [6.45, 7) is 12.1. The Labute approximate surface area is 329 Å². The van der Waals surface area contributed by atoms with Gasteiger partial charge in [0.1, 0.15) is 15.6 Å². The number of sulfonamides is 1. The second-order valence-corrected chi connectivity index (χ2v) is 20.4. The average molecular weight is 842 g/mol. The topological polar surface area (TPSA) is 255 Å². The van der Waals surface area contributed by atoms with E-state index in [1.54, 1.807) is 0 Å². The Morgan fingerprint density at radius 3 is 1.20 bits per heavy atom. The third-order valence-corrected chi connectivity index (χ3v) is 13.6. The fourth-order valence-electron chi connectivity index (χ4n) is 5.42. The zero-order valence-corrected chi connectivity index (χ0v) is 35.0. The van der Waals surface area contributed by atoms with E-state index in [1.165, 1.54) is 31.4 Å². The van der Waals surface area contributed by atoms with Crippen LogP contribution in [0, 0.1) is 0 Å². The molecule has 7 aliphatic heterocycles. The number of hydrogen-bond donors (Lipinski definition) is 7. The van der Waals surface area contributed by atoms with Gasteiger partial charge in [0.2, 0.25) is 27.7 Å². The lowest BCUT2D eigenvalue weighted by atomic mass is 10.1. The monoisotopic (exact) mass is 841 g/mol. The summed E-state index contributed by atoms with van der Waals surface area (Å²) in [6.07, 6.45) is 13.7. The summed E-state index contributed by atoms with van der Waals surface area (Å²) in [5.74, 6) is 2.75. The number of carbonyl (C=O) groups is 4. The first-order chi connectivity index (χ1) is 26.1. The molecule has 3 amide bonds. The molecule has 20 heteroatoms. The van der Waals surface area contributed by atoms with Gasteiger partial charge in [-0.15, -0.1) is 0 Å². The predicted molar refractivity (Wildman–Crippen MR) is 216 cm³/mol. The highest BCUT2D eigenvalue weighted by Crippen LogP contribution is 2.11. The maximum Gasteiger partial charge on any atom is 0.234 e. The molecule has 0 radical (unpaired) electrons. The lowest BCUT2D eigenvalue weighted by Gasteiger charge is -2.11. The molecule has 7 saturated heterocycles. The van der Waals surface area contributed by atoms with Crippen molar-refractivity contribution in [2.24, 2.45) is 0 Å². The number of hydrogen-bond acceptors (Lipinski definition) is 13. The van der Waals surface area contributed by atoms with E-state index in [9.17, 15) is 44.4 Å². The minimum Gasteiger partial charge on any atom is -0.356 e. The van der Waals surface area contributed by atoms with E-state index in [0.29, 0.717) is 60.7 Å². The molecule has 320 valence electrons. The van der Waals surface area contributed by atoms with E-state index < -0.39 is 29.7 Å². The van der Waals surface area contributed by atoms with E-state index in [1.807, 2.05) is 0 Å². The first-order valence-corrected chi connectivity index (χ1v) is 24.9. The van der Waals surface area contributed by atoms with Crippen molar-refractivity contribution >= 4 is 53.2 Å². The summed E-state index contributed by atoms with van der Waals surface area (Å²) < 4.78 is 65.1. The smallest absolute Gasteiger partial charge is 0.234 e. The molecule has 0 aromatic rings. The van der Waals surface area contributed by atoms with Gasteiger partial charge in [-0.3, -0.25) is 19.2 Å². The number of rotatable bonds is 0. The summed E-state index contributed by atoms with van der Waals surface area (Å²) in [7, 11) is -7.99. The highest BCUT2D eigenvalue weighted by molar-refractivity contribution is 7.91. The zero-order valence-electron chi connectivity index (χ0n) is 32.5. The standard InChI is InChI=1S/C7H13N.C5H8O.C4H8N2O.C4H9NO2S.2C4H7NO.C4H8O2S.C3H7NO2S/c1-7-3-2-5-8-6-4-7;6-5-3-1-2-4-5;7-4-3-5-1-2-6-4;6-8(7)3-1-5-2-4-8;2*6-4-2-1-3-5-4;2*5-7(6)3-1-2-4-7/h8H,1-6H2;1-4H2;5H,1-3H2,(H,6,7);5H,1-4H2;2*1-3H2,(H,5,6);1-4H2;4H,1-3H2. The van der Waals surface area contributed by atoms with Crippen LogP contribution < -0.4 is 36.6 Å². The zero-order chi connectivity index (χ0) is 40.8. The Kier molecular flexibility index (Phi) is 27.3. The number of nitrogens with one attached hydrogen (secondary N) is 7. The molecule has 0 atom stereocenters. The second kappa shape index (κ2) is 29.7. The van der Waals surface area contributed by atoms with Crippen LogP contribution in [0.15, 0.2) is 12.2 Å². The molecule has 8 aliphatic rings. The van der Waals surface area contributed by atoms with Crippen LogP contribution in [0.5, 0.6) is 0 Å². The number of ketones is 1. The normalized spacial score (nSPS) is 24.2. The quantitative estimate of drug-likeness (QED) is 0.152. The number of Topliss-reactive ketones (excluding diaryl/α,β-unsaturated/α-hetero) is 1. The lowest BCUT2D eigenvalue weighted by Crippen LogP contribution is -2.44. The fourth-order valence-corrected chi connectivity index (χ4v) is 9.15. The highest BCUT2D eigenvalue weighted by atomic mass is 32.2. The number of piperazine rings is 1. The van der Waals surface area contributed by atoms with Gasteiger partial charge in [-0.1, -0.05) is 12.2 Å². The molecule has 0 unspecified atom stereocenters. The van der Waals surface area contributed by atoms with Gasteiger partial charge in [0, 0.05) is 71.5 Å². The number of amides is 3. The Balaban J connectivity index is 0.000000315. The SMILES string of the molecule is C=C1CCCNCC1.O=C1CCCC1.O=C1CCCN1.O=C1CCCN1.O=C1CNCCN1.O=S1(=O)CCCC1.O=S1(=O)CCCN1.O=S1(=O)CCNCC1. The third-order valence-electron chi connectivity index (χ3n) is 8.67. The third kappa shape index (κ3) is 31.3. The molecule has 0 aromatic heterocycles. The van der Waals surface area contributed by atoms with Crippen molar-refractivity contribution < 1.29 is 44.4 Å². The fraction of sp³-hybridized carbons (Fsp3) is 0.829. The largest absolute Gasteiger partial charge is 0.356 e. The molecule has 8 rings (SSSR count). The first kappa shape index (κ1) is 50.5. The number of sulfone groups is 2. The molecule has 0 spiro atoms. The summed E-state index contributed by atoms with van der Waals surface area (Å²) in [4.78, 5) is 40.8. The summed E-state index contributed by atoms with van der Waals surface area (Å²) >= 11 is 0. The van der Waals surface area contributed by atoms with Crippen LogP contribution in [0.25, 0.3) is 0 Å². The van der Waals surface area contributed by atoms with Crippen molar-refractivity contribution in [2.45, 2.75) is 89.9 Å². The van der Waals surface area contributed by atoms with E-state index in [-0.39, 0.29) is 17.7 Å². The molecule has 0 aromatic carbocycles. The van der Waals surface area contributed by atoms with Crippen LogP contribution >= 0.6 is 0 Å². The lowest BCUT2D eigenvalue weighted by molar-refractivity contribution is -0.121. The van der Waals surface area contributed by atoms with Gasteiger partial charge in [-0.05, 0) is 77.3 Å². The molecular weight excluding hydrogens is 775 g/mol. The molecule has 1 aliphatic carbocycles. The van der Waals surface area contributed by atoms with Gasteiger partial charge in [-0.25, -0.2) is 30.0 Å². The van der Waals surface area contributed by atoms with Crippen molar-refractivity contribution in [1.29, 1.82) is 0 Å². The maximum absolute atomic E-state index is 10.6. The van der Waals surface area contributed by atoms with E-state index in [0.717, 1.165) is 103 Å². The Hall–Kier alpha value is -2.49. The van der Waals surface area contributed by atoms with Crippen LogP contribution in [0.3, 0.4) is 0 Å². The van der Waals surface area contributed by atoms with Crippen LogP contribution in [-0.4, -0.2) is 143 Å². The first-order valence-electron chi connectivity index (χ1n) is 19.6. The van der Waals surface area contributed by atoms with Crippen LogP contribution in [0.1, 0.15) is 89.9 Å². The molecule has 1 saturated carbocycles. The highest BCUT2D eigenvalue weighted by Gasteiger charge is 2.17. The minimum atomic E-state index is -2.80. The van der Waals surface area contributed by atoms with Crippen molar-refractivity contribution in [3.05, 3.63) is 12.2 Å². The van der Waals surface area contributed by atoms with E-state index in [2.05, 4.69) is 43.2 Å². The molecule has 8 fully saturated rings. The van der Waals surface area contributed by atoms with Crippen molar-refractivity contribution in [3.63, 3.8) is 0 Å². The summed E-state index contributed by atoms with van der Waals surface area (Å²) in [5, 5.41) is 17.2. The maximum atomic E-state index is 10.6.